The second-order valence-corrected chi connectivity index (χ2v) is 6.52. The number of hydrogen-bond donors (Lipinski definition) is 1. The van der Waals surface area contributed by atoms with Gasteiger partial charge in [-0.15, -0.1) is 0 Å². The van der Waals surface area contributed by atoms with Crippen LogP contribution >= 0.6 is 15.9 Å². The van der Waals surface area contributed by atoms with E-state index in [2.05, 4.69) is 61.7 Å². The van der Waals surface area contributed by atoms with E-state index in [1.165, 1.54) is 11.3 Å². The molecule has 1 aromatic heterocycles. The second-order valence-electron chi connectivity index (χ2n) is 5.60. The van der Waals surface area contributed by atoms with E-state index in [4.69, 9.17) is 5.73 Å². The normalized spacial score (nSPS) is 15.9. The van der Waals surface area contributed by atoms with Gasteiger partial charge in [-0.25, -0.2) is 4.98 Å². The first-order valence-corrected chi connectivity index (χ1v) is 8.25. The van der Waals surface area contributed by atoms with Crippen molar-refractivity contribution in [2.75, 3.05) is 11.4 Å². The Hall–Kier alpha value is -1.33. The minimum Gasteiger partial charge on any atom is -0.362 e. The first-order chi connectivity index (χ1) is 10.2. The molecule has 0 saturated heterocycles. The third-order valence-electron chi connectivity index (χ3n) is 4.13. The van der Waals surface area contributed by atoms with Crippen LogP contribution in [0.15, 0.2) is 35.1 Å². The Bertz CT molecular complexity index is 622. The molecule has 2 heterocycles. The van der Waals surface area contributed by atoms with E-state index in [1.807, 2.05) is 6.20 Å². The van der Waals surface area contributed by atoms with Gasteiger partial charge in [0, 0.05) is 41.7 Å². The van der Waals surface area contributed by atoms with Crippen molar-refractivity contribution in [3.8, 4) is 0 Å². The number of nitrogens with zero attached hydrogens (tertiary/aromatic N) is 3. The van der Waals surface area contributed by atoms with Crippen LogP contribution in [0.25, 0.3) is 0 Å². The molecule has 0 bridgehead atoms. The molecule has 0 spiro atoms. The molecule has 4 nitrogen and oxygen atoms in total. The molecule has 2 aromatic rings. The lowest BCUT2D eigenvalue weighted by Gasteiger charge is -2.31. The summed E-state index contributed by atoms with van der Waals surface area (Å²) in [6, 6.07) is 6.72. The molecule has 1 atom stereocenters. The highest BCUT2D eigenvalue weighted by molar-refractivity contribution is 9.10. The molecule has 1 aromatic carbocycles. The van der Waals surface area contributed by atoms with Gasteiger partial charge in [0.2, 0.25) is 0 Å². The quantitative estimate of drug-likeness (QED) is 0.923. The monoisotopic (exact) mass is 348 g/mol. The summed E-state index contributed by atoms with van der Waals surface area (Å²) in [4.78, 5) is 6.85. The second kappa shape index (κ2) is 6.20. The summed E-state index contributed by atoms with van der Waals surface area (Å²) in [5, 5.41) is 0. The van der Waals surface area contributed by atoms with Crippen molar-refractivity contribution in [1.29, 1.82) is 0 Å². The number of aromatic nitrogens is 2. The van der Waals surface area contributed by atoms with Gasteiger partial charge in [0.05, 0.1) is 6.54 Å². The summed E-state index contributed by atoms with van der Waals surface area (Å²) in [5.41, 5.74) is 8.77. The summed E-state index contributed by atoms with van der Waals surface area (Å²) in [6.07, 6.45) is 5.85. The van der Waals surface area contributed by atoms with Gasteiger partial charge in [-0.3, -0.25) is 0 Å². The van der Waals surface area contributed by atoms with Crippen LogP contribution in [0, 0.1) is 0 Å². The van der Waals surface area contributed by atoms with E-state index >= 15 is 0 Å². The SMILES string of the molecule is CCC(N)Cc1cc(Br)ccc1N1CCn2ccnc2C1. The topological polar surface area (TPSA) is 47.1 Å². The van der Waals surface area contributed by atoms with E-state index in [-0.39, 0.29) is 6.04 Å². The Morgan fingerprint density at radius 3 is 3.05 bits per heavy atom. The molecule has 1 aliphatic heterocycles. The number of nitrogens with two attached hydrogens (primary N) is 1. The van der Waals surface area contributed by atoms with Gasteiger partial charge in [0.1, 0.15) is 5.82 Å². The van der Waals surface area contributed by atoms with Crippen LogP contribution in [0.5, 0.6) is 0 Å². The van der Waals surface area contributed by atoms with Crippen LogP contribution < -0.4 is 10.6 Å². The number of halogens is 1. The summed E-state index contributed by atoms with van der Waals surface area (Å²) >= 11 is 3.58. The number of fused-ring (bicyclic) bond motifs is 1. The fraction of sp³-hybridized carbons (Fsp3) is 0.438. The van der Waals surface area contributed by atoms with Gasteiger partial charge in [0.25, 0.3) is 0 Å². The Morgan fingerprint density at radius 1 is 1.38 bits per heavy atom. The van der Waals surface area contributed by atoms with E-state index in [9.17, 15) is 0 Å². The van der Waals surface area contributed by atoms with Crippen molar-refractivity contribution in [3.05, 3.63) is 46.5 Å². The average Bonchev–Trinajstić information content (AvgIpc) is 2.94. The van der Waals surface area contributed by atoms with Crippen LogP contribution in [-0.2, 0) is 19.5 Å². The van der Waals surface area contributed by atoms with Crippen LogP contribution in [0.2, 0.25) is 0 Å². The van der Waals surface area contributed by atoms with Crippen molar-refractivity contribution in [2.45, 2.75) is 38.9 Å². The zero-order valence-electron chi connectivity index (χ0n) is 12.3. The molecule has 21 heavy (non-hydrogen) atoms. The van der Waals surface area contributed by atoms with Crippen LogP contribution in [0.4, 0.5) is 5.69 Å². The van der Waals surface area contributed by atoms with Crippen LogP contribution in [-0.4, -0.2) is 22.1 Å². The maximum atomic E-state index is 6.16. The van der Waals surface area contributed by atoms with Crippen molar-refractivity contribution in [1.82, 2.24) is 9.55 Å². The van der Waals surface area contributed by atoms with Crippen molar-refractivity contribution in [2.24, 2.45) is 5.73 Å². The molecule has 2 N–H and O–H groups in total. The molecule has 3 rings (SSSR count). The summed E-state index contributed by atoms with van der Waals surface area (Å²) in [5.74, 6) is 1.13. The Balaban J connectivity index is 1.88. The highest BCUT2D eigenvalue weighted by atomic mass is 79.9. The van der Waals surface area contributed by atoms with Gasteiger partial charge in [0.15, 0.2) is 0 Å². The van der Waals surface area contributed by atoms with Gasteiger partial charge >= 0.3 is 0 Å². The standard InChI is InChI=1S/C16H21BrN4/c1-2-14(18)10-12-9-13(17)3-4-15(12)21-8-7-20-6-5-19-16(20)11-21/h3-6,9,14H,2,7-8,10-11,18H2,1H3. The molecule has 5 heteroatoms. The number of rotatable bonds is 4. The predicted octanol–water partition coefficient (Wildman–Crippen LogP) is 2.95. The third-order valence-corrected chi connectivity index (χ3v) is 4.63. The highest BCUT2D eigenvalue weighted by Gasteiger charge is 2.19. The largest absolute Gasteiger partial charge is 0.362 e. The number of hydrogen-bond acceptors (Lipinski definition) is 3. The zero-order valence-corrected chi connectivity index (χ0v) is 13.9. The third kappa shape index (κ3) is 3.14. The minimum absolute atomic E-state index is 0.213. The molecule has 112 valence electrons. The summed E-state index contributed by atoms with van der Waals surface area (Å²) < 4.78 is 3.34. The van der Waals surface area contributed by atoms with E-state index in [0.717, 1.165) is 42.8 Å². The molecule has 0 fully saturated rings. The maximum absolute atomic E-state index is 6.16. The van der Waals surface area contributed by atoms with E-state index in [1.54, 1.807) is 0 Å². The lowest BCUT2D eigenvalue weighted by Crippen LogP contribution is -2.34. The van der Waals surface area contributed by atoms with Gasteiger partial charge < -0.3 is 15.2 Å². The first kappa shape index (κ1) is 14.6. The molecule has 0 radical (unpaired) electrons. The molecule has 1 aliphatic rings. The Morgan fingerprint density at radius 2 is 2.24 bits per heavy atom. The summed E-state index contributed by atoms with van der Waals surface area (Å²) in [7, 11) is 0. The fourth-order valence-electron chi connectivity index (χ4n) is 2.83. The number of benzene rings is 1. The van der Waals surface area contributed by atoms with Gasteiger partial charge in [-0.2, -0.15) is 0 Å². The van der Waals surface area contributed by atoms with Crippen molar-refractivity contribution < 1.29 is 0 Å². The fourth-order valence-corrected chi connectivity index (χ4v) is 3.24. The smallest absolute Gasteiger partial charge is 0.128 e. The summed E-state index contributed by atoms with van der Waals surface area (Å²) in [6.45, 7) is 5.01. The van der Waals surface area contributed by atoms with E-state index in [0.29, 0.717) is 0 Å². The number of imidazole rings is 1. The Labute approximate surface area is 134 Å². The van der Waals surface area contributed by atoms with Crippen molar-refractivity contribution in [3.63, 3.8) is 0 Å². The van der Waals surface area contributed by atoms with E-state index < -0.39 is 0 Å². The molecule has 0 saturated carbocycles. The number of anilines is 1. The van der Waals surface area contributed by atoms with Gasteiger partial charge in [-0.05, 0) is 36.6 Å². The van der Waals surface area contributed by atoms with Crippen molar-refractivity contribution >= 4 is 21.6 Å². The lowest BCUT2D eigenvalue weighted by molar-refractivity contribution is 0.556. The minimum atomic E-state index is 0.213. The molecular formula is C16H21BrN4. The average molecular weight is 349 g/mol. The zero-order chi connectivity index (χ0) is 14.8. The molecule has 0 amide bonds. The molecular weight excluding hydrogens is 328 g/mol. The highest BCUT2D eigenvalue weighted by Crippen LogP contribution is 2.28. The Kier molecular flexibility index (Phi) is 4.31. The molecule has 0 aliphatic carbocycles. The first-order valence-electron chi connectivity index (χ1n) is 7.46. The maximum Gasteiger partial charge on any atom is 0.128 e. The predicted molar refractivity (Wildman–Crippen MR) is 89.4 cm³/mol. The van der Waals surface area contributed by atoms with Crippen LogP contribution in [0.1, 0.15) is 24.7 Å². The lowest BCUT2D eigenvalue weighted by atomic mass is 10.0. The van der Waals surface area contributed by atoms with Gasteiger partial charge in [-0.1, -0.05) is 22.9 Å². The molecule has 1 unspecified atom stereocenters. The van der Waals surface area contributed by atoms with Crippen LogP contribution in [0.3, 0.4) is 0 Å².